The number of para-hydroxylation sites is 1. The number of nitrogens with one attached hydrogen (secondary N) is 1. The summed E-state index contributed by atoms with van der Waals surface area (Å²) in [6.45, 7) is 4.52. The number of ether oxygens (including phenoxy) is 2. The highest BCUT2D eigenvalue weighted by Gasteiger charge is 2.17. The number of hydrogen-bond acceptors (Lipinski definition) is 6. The Bertz CT molecular complexity index is 993. The number of nitrogens with zero attached hydrogens (tertiary/aromatic N) is 3. The lowest BCUT2D eigenvalue weighted by atomic mass is 10.2. The van der Waals surface area contributed by atoms with E-state index in [0.29, 0.717) is 35.4 Å². The first kappa shape index (κ1) is 20.1. The molecule has 0 bridgehead atoms. The van der Waals surface area contributed by atoms with E-state index < -0.39 is 0 Å². The lowest BCUT2D eigenvalue weighted by Crippen LogP contribution is -2.22. The molecule has 0 aliphatic rings. The van der Waals surface area contributed by atoms with Crippen LogP contribution in [0.2, 0.25) is 0 Å². The zero-order valence-corrected chi connectivity index (χ0v) is 17.0. The Morgan fingerprint density at radius 1 is 1.03 bits per heavy atom. The van der Waals surface area contributed by atoms with Crippen LogP contribution in [0.3, 0.4) is 0 Å². The molecule has 0 fully saturated rings. The third kappa shape index (κ3) is 4.63. The van der Waals surface area contributed by atoms with E-state index in [9.17, 15) is 4.79 Å². The quantitative estimate of drug-likeness (QED) is 0.649. The Balaban J connectivity index is 1.90. The molecule has 0 saturated carbocycles. The topological polar surface area (TPSA) is 76.6 Å². The van der Waals surface area contributed by atoms with Gasteiger partial charge in [-0.1, -0.05) is 18.2 Å². The smallest absolute Gasteiger partial charge is 0.274 e. The van der Waals surface area contributed by atoms with Crippen molar-refractivity contribution in [3.8, 4) is 11.5 Å². The molecule has 0 aliphatic carbocycles. The van der Waals surface area contributed by atoms with Crippen molar-refractivity contribution in [1.29, 1.82) is 0 Å². The van der Waals surface area contributed by atoms with Crippen molar-refractivity contribution in [1.82, 2.24) is 9.97 Å². The largest absolute Gasteiger partial charge is 0.497 e. The van der Waals surface area contributed by atoms with Gasteiger partial charge in [0.25, 0.3) is 5.91 Å². The molecule has 0 saturated heterocycles. The number of carbonyl (C=O) groups is 1. The molecule has 0 unspecified atom stereocenters. The summed E-state index contributed by atoms with van der Waals surface area (Å²) in [5.74, 6) is 1.28. The summed E-state index contributed by atoms with van der Waals surface area (Å²) in [5, 5.41) is 2.85. The van der Waals surface area contributed by atoms with Gasteiger partial charge in [-0.05, 0) is 44.2 Å². The molecule has 1 amide bonds. The number of carbonyl (C=O) groups excluding carboxylic acids is 1. The maximum absolute atomic E-state index is 12.9. The van der Waals surface area contributed by atoms with Gasteiger partial charge in [0.05, 0.1) is 19.9 Å². The highest BCUT2D eigenvalue weighted by molar-refractivity contribution is 6.04. The summed E-state index contributed by atoms with van der Waals surface area (Å²) >= 11 is 0. The van der Waals surface area contributed by atoms with E-state index in [1.54, 1.807) is 31.4 Å². The molecule has 0 aliphatic heterocycles. The molecule has 2 aromatic carbocycles. The number of rotatable bonds is 7. The fourth-order valence-electron chi connectivity index (χ4n) is 2.93. The monoisotopic (exact) mass is 392 g/mol. The standard InChI is InChI=1S/C22H24N4O3/c1-5-26(16-9-7-6-8-10-16)22-23-15(2)13-19(25-22)21(27)24-18-12-11-17(28-3)14-20(18)29-4/h6-14H,5H2,1-4H3,(H,24,27). The van der Waals surface area contributed by atoms with Crippen LogP contribution >= 0.6 is 0 Å². The van der Waals surface area contributed by atoms with E-state index in [0.717, 1.165) is 5.69 Å². The van der Waals surface area contributed by atoms with Gasteiger partial charge in [-0.15, -0.1) is 0 Å². The minimum Gasteiger partial charge on any atom is -0.497 e. The first-order valence-corrected chi connectivity index (χ1v) is 9.27. The highest BCUT2D eigenvalue weighted by atomic mass is 16.5. The van der Waals surface area contributed by atoms with Crippen LogP contribution in [0.15, 0.2) is 54.6 Å². The van der Waals surface area contributed by atoms with Gasteiger partial charge in [0, 0.05) is 24.0 Å². The minimum atomic E-state index is -0.343. The molecule has 150 valence electrons. The molecule has 1 aromatic heterocycles. The number of aryl methyl sites for hydroxylation is 1. The Kier molecular flexibility index (Phi) is 6.29. The lowest BCUT2D eigenvalue weighted by Gasteiger charge is -2.21. The first-order valence-electron chi connectivity index (χ1n) is 9.27. The van der Waals surface area contributed by atoms with Crippen molar-refractivity contribution in [2.75, 3.05) is 31.0 Å². The predicted octanol–water partition coefficient (Wildman–Crippen LogP) is 4.21. The highest BCUT2D eigenvalue weighted by Crippen LogP contribution is 2.29. The molecule has 3 aromatic rings. The van der Waals surface area contributed by atoms with Crippen LogP contribution in [0.4, 0.5) is 17.3 Å². The Hall–Kier alpha value is -3.61. The zero-order valence-electron chi connectivity index (χ0n) is 17.0. The normalized spacial score (nSPS) is 10.3. The molecular weight excluding hydrogens is 368 g/mol. The van der Waals surface area contributed by atoms with Crippen LogP contribution in [0.25, 0.3) is 0 Å². The van der Waals surface area contributed by atoms with Crippen molar-refractivity contribution in [3.05, 3.63) is 66.0 Å². The minimum absolute atomic E-state index is 0.278. The van der Waals surface area contributed by atoms with E-state index in [1.807, 2.05) is 49.1 Å². The summed E-state index contributed by atoms with van der Waals surface area (Å²) in [5.41, 5.74) is 2.48. The number of amides is 1. The van der Waals surface area contributed by atoms with Gasteiger partial charge in [-0.2, -0.15) is 0 Å². The zero-order chi connectivity index (χ0) is 20.8. The Morgan fingerprint density at radius 3 is 2.45 bits per heavy atom. The molecular formula is C22H24N4O3. The van der Waals surface area contributed by atoms with Gasteiger partial charge in [0.1, 0.15) is 17.2 Å². The summed E-state index contributed by atoms with van der Waals surface area (Å²) < 4.78 is 10.5. The molecule has 0 spiro atoms. The van der Waals surface area contributed by atoms with E-state index in [2.05, 4.69) is 15.3 Å². The van der Waals surface area contributed by atoms with Crippen molar-refractivity contribution in [2.24, 2.45) is 0 Å². The van der Waals surface area contributed by atoms with Gasteiger partial charge in [0.15, 0.2) is 0 Å². The maximum atomic E-state index is 12.9. The van der Waals surface area contributed by atoms with E-state index in [1.165, 1.54) is 7.11 Å². The van der Waals surface area contributed by atoms with Gasteiger partial charge < -0.3 is 19.7 Å². The number of methoxy groups -OCH3 is 2. The van der Waals surface area contributed by atoms with Crippen molar-refractivity contribution in [3.63, 3.8) is 0 Å². The third-order valence-electron chi connectivity index (χ3n) is 4.36. The average Bonchev–Trinajstić information content (AvgIpc) is 2.75. The van der Waals surface area contributed by atoms with Gasteiger partial charge in [-0.25, -0.2) is 9.97 Å². The van der Waals surface area contributed by atoms with Crippen LogP contribution in [0, 0.1) is 6.92 Å². The van der Waals surface area contributed by atoms with E-state index in [4.69, 9.17) is 9.47 Å². The second kappa shape index (κ2) is 9.05. The Morgan fingerprint density at radius 2 is 1.79 bits per heavy atom. The second-order valence-electron chi connectivity index (χ2n) is 6.29. The second-order valence-corrected chi connectivity index (χ2v) is 6.29. The summed E-state index contributed by atoms with van der Waals surface area (Å²) in [6, 6.07) is 16.7. The third-order valence-corrected chi connectivity index (χ3v) is 4.36. The number of aromatic nitrogens is 2. The van der Waals surface area contributed by atoms with Crippen molar-refractivity contribution < 1.29 is 14.3 Å². The molecule has 7 heteroatoms. The molecule has 0 atom stereocenters. The lowest BCUT2D eigenvalue weighted by molar-refractivity contribution is 0.102. The number of benzene rings is 2. The summed E-state index contributed by atoms with van der Waals surface area (Å²) in [4.78, 5) is 23.9. The first-order chi connectivity index (χ1) is 14.0. The van der Waals surface area contributed by atoms with Crippen LogP contribution in [0.5, 0.6) is 11.5 Å². The average molecular weight is 392 g/mol. The van der Waals surface area contributed by atoms with Gasteiger partial charge in [-0.3, -0.25) is 4.79 Å². The Labute approximate surface area is 170 Å². The predicted molar refractivity (Wildman–Crippen MR) is 113 cm³/mol. The van der Waals surface area contributed by atoms with Gasteiger partial charge in [0.2, 0.25) is 5.95 Å². The molecule has 1 heterocycles. The van der Waals surface area contributed by atoms with Crippen LogP contribution < -0.4 is 19.7 Å². The van der Waals surface area contributed by atoms with E-state index in [-0.39, 0.29) is 11.6 Å². The van der Waals surface area contributed by atoms with Crippen LogP contribution in [-0.2, 0) is 0 Å². The fraction of sp³-hybridized carbons (Fsp3) is 0.227. The van der Waals surface area contributed by atoms with Crippen LogP contribution in [0.1, 0.15) is 23.1 Å². The molecule has 29 heavy (non-hydrogen) atoms. The fourth-order valence-corrected chi connectivity index (χ4v) is 2.93. The van der Waals surface area contributed by atoms with Crippen molar-refractivity contribution >= 4 is 23.2 Å². The molecule has 1 N–H and O–H groups in total. The maximum Gasteiger partial charge on any atom is 0.274 e. The van der Waals surface area contributed by atoms with Crippen molar-refractivity contribution in [2.45, 2.75) is 13.8 Å². The van der Waals surface area contributed by atoms with Crippen LogP contribution in [-0.4, -0.2) is 36.6 Å². The molecule has 3 rings (SSSR count). The SMILES string of the molecule is CCN(c1ccccc1)c1nc(C)cc(C(=O)Nc2ccc(OC)cc2OC)n1. The number of anilines is 3. The molecule has 7 nitrogen and oxygen atoms in total. The number of hydrogen-bond donors (Lipinski definition) is 1. The summed E-state index contributed by atoms with van der Waals surface area (Å²) in [6.07, 6.45) is 0. The summed E-state index contributed by atoms with van der Waals surface area (Å²) in [7, 11) is 3.11. The molecule has 0 radical (unpaired) electrons. The van der Waals surface area contributed by atoms with E-state index >= 15 is 0 Å². The van der Waals surface area contributed by atoms with Gasteiger partial charge >= 0.3 is 0 Å².